The minimum atomic E-state index is 0.384. The molecule has 0 radical (unpaired) electrons. The molecule has 0 amide bonds. The maximum Gasteiger partial charge on any atom is 0.235 e. The monoisotopic (exact) mass is 293 g/mol. The molecule has 0 atom stereocenters. The van der Waals surface area contributed by atoms with Gasteiger partial charge in [0.1, 0.15) is 6.07 Å². The number of hydrogen-bond donors (Lipinski definition) is 0. The molecule has 4 heteroatoms. The zero-order chi connectivity index (χ0) is 15.2. The highest BCUT2D eigenvalue weighted by Gasteiger charge is 2.19. The molecule has 4 nitrogen and oxygen atoms in total. The van der Waals surface area contributed by atoms with Gasteiger partial charge in [0, 0.05) is 19.2 Å². The van der Waals surface area contributed by atoms with Gasteiger partial charge in [-0.25, -0.2) is 0 Å². The highest BCUT2D eigenvalue weighted by atomic mass is 16.4. The Morgan fingerprint density at radius 2 is 1.77 bits per heavy atom. The Morgan fingerprint density at radius 3 is 2.45 bits per heavy atom. The van der Waals surface area contributed by atoms with Gasteiger partial charge >= 0.3 is 0 Å². The van der Waals surface area contributed by atoms with Crippen molar-refractivity contribution in [3.05, 3.63) is 47.5 Å². The van der Waals surface area contributed by atoms with E-state index in [9.17, 15) is 5.26 Å². The van der Waals surface area contributed by atoms with Crippen LogP contribution in [0.3, 0.4) is 0 Å². The molecule has 2 aromatic rings. The minimum absolute atomic E-state index is 0.384. The van der Waals surface area contributed by atoms with E-state index in [0.29, 0.717) is 17.5 Å². The normalized spacial score (nSPS) is 15.7. The number of nitrogens with zero attached hydrogens (tertiary/aromatic N) is 3. The molecule has 22 heavy (non-hydrogen) atoms. The van der Waals surface area contributed by atoms with Gasteiger partial charge in [-0.15, -0.1) is 0 Å². The van der Waals surface area contributed by atoms with Gasteiger partial charge in [0.05, 0.1) is 0 Å². The van der Waals surface area contributed by atoms with Crippen LogP contribution in [0.4, 0.5) is 5.88 Å². The lowest BCUT2D eigenvalue weighted by molar-refractivity contribution is 0.528. The summed E-state index contributed by atoms with van der Waals surface area (Å²) in [5.74, 6) is 1.11. The van der Waals surface area contributed by atoms with Crippen molar-refractivity contribution >= 4 is 18.0 Å². The molecule has 1 fully saturated rings. The van der Waals surface area contributed by atoms with Crippen LogP contribution in [0.2, 0.25) is 0 Å². The summed E-state index contributed by atoms with van der Waals surface area (Å²) in [5, 5.41) is 9.29. The van der Waals surface area contributed by atoms with Crippen molar-refractivity contribution in [3.63, 3.8) is 0 Å². The van der Waals surface area contributed by atoms with Gasteiger partial charge < -0.3 is 9.32 Å². The van der Waals surface area contributed by atoms with Gasteiger partial charge in [0.2, 0.25) is 17.5 Å². The molecular formula is C18H19N3O. The van der Waals surface area contributed by atoms with E-state index < -0.39 is 0 Å². The summed E-state index contributed by atoms with van der Waals surface area (Å²) in [5.41, 5.74) is 1.46. The van der Waals surface area contributed by atoms with Gasteiger partial charge in [0.25, 0.3) is 0 Å². The summed E-state index contributed by atoms with van der Waals surface area (Å²) < 4.78 is 5.83. The van der Waals surface area contributed by atoms with E-state index in [2.05, 4.69) is 16.0 Å². The smallest absolute Gasteiger partial charge is 0.235 e. The van der Waals surface area contributed by atoms with Crippen LogP contribution in [-0.2, 0) is 0 Å². The van der Waals surface area contributed by atoms with Crippen molar-refractivity contribution in [1.29, 1.82) is 5.26 Å². The SMILES string of the molecule is N#Cc1nc(/C=C/c2ccccc2)oc1N1CCCCCC1. The van der Waals surface area contributed by atoms with Crippen LogP contribution >= 0.6 is 0 Å². The minimum Gasteiger partial charge on any atom is -0.420 e. The van der Waals surface area contributed by atoms with Crippen molar-refractivity contribution in [2.24, 2.45) is 0 Å². The van der Waals surface area contributed by atoms with Gasteiger partial charge in [-0.3, -0.25) is 0 Å². The lowest BCUT2D eigenvalue weighted by atomic mass is 10.2. The first-order valence-corrected chi connectivity index (χ1v) is 7.76. The molecule has 1 aliphatic rings. The number of aromatic nitrogens is 1. The Balaban J connectivity index is 1.82. The Kier molecular flexibility index (Phi) is 4.55. The van der Waals surface area contributed by atoms with Crippen LogP contribution < -0.4 is 4.90 Å². The number of benzene rings is 1. The largest absolute Gasteiger partial charge is 0.420 e. The van der Waals surface area contributed by atoms with E-state index in [1.165, 1.54) is 12.8 Å². The van der Waals surface area contributed by atoms with Crippen molar-refractivity contribution in [2.75, 3.05) is 18.0 Å². The molecule has 0 aliphatic carbocycles. The lowest BCUT2D eigenvalue weighted by Crippen LogP contribution is -2.24. The Hall–Kier alpha value is -2.54. The average Bonchev–Trinajstić information content (AvgIpc) is 2.78. The molecule has 2 heterocycles. The van der Waals surface area contributed by atoms with Crippen molar-refractivity contribution in [1.82, 2.24) is 4.98 Å². The molecule has 0 N–H and O–H groups in total. The fourth-order valence-corrected chi connectivity index (χ4v) is 2.69. The number of nitriles is 1. The predicted molar refractivity (Wildman–Crippen MR) is 87.3 cm³/mol. The second-order valence-electron chi connectivity index (χ2n) is 5.46. The van der Waals surface area contributed by atoms with Gasteiger partial charge in [-0.2, -0.15) is 10.2 Å². The Labute approximate surface area is 130 Å². The van der Waals surface area contributed by atoms with E-state index >= 15 is 0 Å². The van der Waals surface area contributed by atoms with Crippen LogP contribution in [0, 0.1) is 11.3 Å². The van der Waals surface area contributed by atoms with Crippen LogP contribution in [0.15, 0.2) is 34.7 Å². The van der Waals surface area contributed by atoms with Gasteiger partial charge in [0.15, 0.2) is 0 Å². The van der Waals surface area contributed by atoms with E-state index in [1.54, 1.807) is 0 Å². The summed E-state index contributed by atoms with van der Waals surface area (Å²) in [7, 11) is 0. The topological polar surface area (TPSA) is 53.1 Å². The van der Waals surface area contributed by atoms with E-state index in [1.807, 2.05) is 42.5 Å². The zero-order valence-electron chi connectivity index (χ0n) is 12.5. The molecule has 1 aromatic heterocycles. The molecule has 1 saturated heterocycles. The summed E-state index contributed by atoms with van der Waals surface area (Å²) in [6.45, 7) is 1.87. The number of hydrogen-bond acceptors (Lipinski definition) is 4. The van der Waals surface area contributed by atoms with Crippen molar-refractivity contribution in [2.45, 2.75) is 25.7 Å². The molecule has 0 saturated carbocycles. The third-order valence-corrected chi connectivity index (χ3v) is 3.84. The van der Waals surface area contributed by atoms with E-state index in [-0.39, 0.29) is 0 Å². The number of anilines is 1. The van der Waals surface area contributed by atoms with Crippen molar-refractivity contribution < 1.29 is 4.42 Å². The van der Waals surface area contributed by atoms with Crippen LogP contribution in [0.1, 0.15) is 42.8 Å². The molecule has 0 unspecified atom stereocenters. The summed E-state index contributed by atoms with van der Waals surface area (Å²) in [6, 6.07) is 12.1. The first kappa shape index (κ1) is 14.4. The molecule has 3 rings (SSSR count). The molecule has 0 spiro atoms. The summed E-state index contributed by atoms with van der Waals surface area (Å²) in [4.78, 5) is 6.44. The first-order chi connectivity index (χ1) is 10.9. The second kappa shape index (κ2) is 6.95. The standard InChI is InChI=1S/C18H19N3O/c19-14-16-18(21-12-6-1-2-7-13-21)22-17(20-16)11-10-15-8-4-3-5-9-15/h3-5,8-11H,1-2,6-7,12-13H2/b11-10+. The van der Waals surface area contributed by atoms with E-state index in [4.69, 9.17) is 4.42 Å². The molecule has 1 aromatic carbocycles. The average molecular weight is 293 g/mol. The highest BCUT2D eigenvalue weighted by molar-refractivity contribution is 5.67. The predicted octanol–water partition coefficient (Wildman–Crippen LogP) is 4.10. The van der Waals surface area contributed by atoms with E-state index in [0.717, 1.165) is 31.5 Å². The number of oxazole rings is 1. The molecule has 0 bridgehead atoms. The van der Waals surface area contributed by atoms with Crippen LogP contribution in [0.5, 0.6) is 0 Å². The first-order valence-electron chi connectivity index (χ1n) is 7.76. The van der Waals surface area contributed by atoms with Crippen LogP contribution in [-0.4, -0.2) is 18.1 Å². The van der Waals surface area contributed by atoms with Gasteiger partial charge in [-0.1, -0.05) is 43.2 Å². The summed E-state index contributed by atoms with van der Waals surface area (Å²) in [6.07, 6.45) is 8.53. The Morgan fingerprint density at radius 1 is 1.05 bits per heavy atom. The Bertz CT molecular complexity index is 674. The molecule has 1 aliphatic heterocycles. The van der Waals surface area contributed by atoms with Crippen LogP contribution in [0.25, 0.3) is 12.2 Å². The highest BCUT2D eigenvalue weighted by Crippen LogP contribution is 2.25. The second-order valence-corrected chi connectivity index (χ2v) is 5.46. The fraction of sp³-hybridized carbons (Fsp3) is 0.333. The van der Waals surface area contributed by atoms with Crippen molar-refractivity contribution in [3.8, 4) is 6.07 Å². The van der Waals surface area contributed by atoms with Gasteiger partial charge in [-0.05, 0) is 24.5 Å². The quantitative estimate of drug-likeness (QED) is 0.855. The molecule has 112 valence electrons. The third kappa shape index (κ3) is 3.37. The number of rotatable bonds is 3. The molecular weight excluding hydrogens is 274 g/mol. The third-order valence-electron chi connectivity index (χ3n) is 3.84. The fourth-order valence-electron chi connectivity index (χ4n) is 2.69. The zero-order valence-corrected chi connectivity index (χ0v) is 12.5. The maximum absolute atomic E-state index is 9.29. The summed E-state index contributed by atoms with van der Waals surface area (Å²) >= 11 is 0. The lowest BCUT2D eigenvalue weighted by Gasteiger charge is -2.18. The maximum atomic E-state index is 9.29.